The summed E-state index contributed by atoms with van der Waals surface area (Å²) >= 11 is 0. The van der Waals surface area contributed by atoms with Gasteiger partial charge in [-0.25, -0.2) is 0 Å². The molecule has 6 heteroatoms. The number of carbonyl (C=O) groups is 2. The first-order valence-corrected chi connectivity index (χ1v) is 6.84. The molecule has 1 saturated heterocycles. The maximum Gasteiger partial charge on any atom is 0.250 e. The molecule has 1 heterocycles. The van der Waals surface area contributed by atoms with Gasteiger partial charge in [0.2, 0.25) is 5.91 Å². The van der Waals surface area contributed by atoms with Gasteiger partial charge in [-0.05, 0) is 39.5 Å². The molecule has 2 aliphatic rings. The number of rotatable bonds is 5. The molecule has 19 heavy (non-hydrogen) atoms. The predicted molar refractivity (Wildman–Crippen MR) is 70.1 cm³/mol. The van der Waals surface area contributed by atoms with Gasteiger partial charge in [-0.3, -0.25) is 9.59 Å². The predicted octanol–water partition coefficient (Wildman–Crippen LogP) is -0.742. The zero-order valence-electron chi connectivity index (χ0n) is 11.5. The maximum atomic E-state index is 11.8. The third kappa shape index (κ3) is 3.67. The molecule has 108 valence electrons. The van der Waals surface area contributed by atoms with E-state index in [9.17, 15) is 14.7 Å². The Morgan fingerprint density at radius 1 is 1.58 bits per heavy atom. The smallest absolute Gasteiger partial charge is 0.250 e. The average Bonchev–Trinajstić information content (AvgIpc) is 3.05. The molecule has 2 rings (SSSR count). The molecule has 0 radical (unpaired) electrons. The van der Waals surface area contributed by atoms with Crippen LogP contribution in [0.4, 0.5) is 0 Å². The number of hydrogen-bond donors (Lipinski definition) is 4. The van der Waals surface area contributed by atoms with E-state index in [-0.39, 0.29) is 23.4 Å². The molecule has 0 aromatic rings. The fourth-order valence-corrected chi connectivity index (χ4v) is 2.55. The summed E-state index contributed by atoms with van der Waals surface area (Å²) in [5.41, 5.74) is 5.62. The van der Waals surface area contributed by atoms with E-state index < -0.39 is 18.1 Å². The molecular weight excluding hydrogens is 246 g/mol. The van der Waals surface area contributed by atoms with E-state index >= 15 is 0 Å². The molecule has 5 N–H and O–H groups in total. The van der Waals surface area contributed by atoms with Gasteiger partial charge >= 0.3 is 0 Å². The van der Waals surface area contributed by atoms with Crippen molar-refractivity contribution in [3.8, 4) is 0 Å². The minimum absolute atomic E-state index is 0.0461. The van der Waals surface area contributed by atoms with Crippen LogP contribution in [0.2, 0.25) is 0 Å². The van der Waals surface area contributed by atoms with Crippen LogP contribution in [0.25, 0.3) is 0 Å². The molecule has 0 aromatic heterocycles. The van der Waals surface area contributed by atoms with Crippen LogP contribution in [0.5, 0.6) is 0 Å². The summed E-state index contributed by atoms with van der Waals surface area (Å²) < 4.78 is 0. The first kappa shape index (κ1) is 14.3. The number of amides is 2. The van der Waals surface area contributed by atoms with Crippen molar-refractivity contribution >= 4 is 11.8 Å². The van der Waals surface area contributed by atoms with E-state index in [1.807, 2.05) is 13.8 Å². The molecule has 6 nitrogen and oxygen atoms in total. The average molecular weight is 269 g/mol. The van der Waals surface area contributed by atoms with Crippen molar-refractivity contribution in [2.75, 3.05) is 0 Å². The van der Waals surface area contributed by atoms with Crippen LogP contribution < -0.4 is 16.4 Å². The second-order valence-electron chi connectivity index (χ2n) is 6.40. The van der Waals surface area contributed by atoms with E-state index in [0.29, 0.717) is 12.8 Å². The molecule has 1 saturated carbocycles. The third-order valence-electron chi connectivity index (χ3n) is 3.74. The van der Waals surface area contributed by atoms with E-state index in [1.165, 1.54) is 0 Å². The first-order valence-electron chi connectivity index (χ1n) is 6.84. The van der Waals surface area contributed by atoms with Crippen molar-refractivity contribution in [3.63, 3.8) is 0 Å². The number of nitrogens with two attached hydrogens (primary N) is 1. The fourth-order valence-electron chi connectivity index (χ4n) is 2.55. The lowest BCUT2D eigenvalue weighted by Crippen LogP contribution is -2.48. The van der Waals surface area contributed by atoms with Crippen LogP contribution >= 0.6 is 0 Å². The van der Waals surface area contributed by atoms with E-state index in [4.69, 9.17) is 5.73 Å². The van der Waals surface area contributed by atoms with Gasteiger partial charge in [0.15, 0.2) is 0 Å². The lowest BCUT2D eigenvalue weighted by atomic mass is 9.90. The second-order valence-corrected chi connectivity index (χ2v) is 6.40. The Kier molecular flexibility index (Phi) is 3.82. The van der Waals surface area contributed by atoms with Crippen molar-refractivity contribution < 1.29 is 14.7 Å². The summed E-state index contributed by atoms with van der Waals surface area (Å²) in [6.07, 6.45) is 1.70. The molecule has 0 spiro atoms. The summed E-state index contributed by atoms with van der Waals surface area (Å²) in [7, 11) is 0. The quantitative estimate of drug-likeness (QED) is 0.527. The molecule has 1 unspecified atom stereocenters. The Morgan fingerprint density at radius 3 is 2.68 bits per heavy atom. The van der Waals surface area contributed by atoms with Crippen molar-refractivity contribution in [1.29, 1.82) is 0 Å². The van der Waals surface area contributed by atoms with E-state index in [2.05, 4.69) is 10.6 Å². The monoisotopic (exact) mass is 269 g/mol. The van der Waals surface area contributed by atoms with E-state index in [0.717, 1.165) is 12.8 Å². The minimum Gasteiger partial charge on any atom is -0.382 e. The lowest BCUT2D eigenvalue weighted by molar-refractivity contribution is -0.131. The Labute approximate surface area is 113 Å². The van der Waals surface area contributed by atoms with Crippen LogP contribution in [0.3, 0.4) is 0 Å². The van der Waals surface area contributed by atoms with Gasteiger partial charge in [-0.2, -0.15) is 0 Å². The highest BCUT2D eigenvalue weighted by Gasteiger charge is 2.39. The van der Waals surface area contributed by atoms with Gasteiger partial charge in [0.1, 0.15) is 6.10 Å². The highest BCUT2D eigenvalue weighted by Crippen LogP contribution is 2.28. The molecule has 2 amide bonds. The number of nitrogens with one attached hydrogen (secondary N) is 2. The third-order valence-corrected chi connectivity index (χ3v) is 3.74. The summed E-state index contributed by atoms with van der Waals surface area (Å²) in [6, 6.07) is -0.508. The van der Waals surface area contributed by atoms with Crippen molar-refractivity contribution in [2.24, 2.45) is 11.7 Å². The van der Waals surface area contributed by atoms with Gasteiger partial charge in [0.25, 0.3) is 5.91 Å². The van der Waals surface area contributed by atoms with Crippen LogP contribution in [0.1, 0.15) is 39.5 Å². The topological polar surface area (TPSA) is 104 Å². The number of hydrogen-bond acceptors (Lipinski definition) is 4. The second kappa shape index (κ2) is 5.09. The van der Waals surface area contributed by atoms with Gasteiger partial charge in [0, 0.05) is 23.5 Å². The van der Waals surface area contributed by atoms with Crippen LogP contribution in [-0.4, -0.2) is 40.6 Å². The van der Waals surface area contributed by atoms with Gasteiger partial charge in [-0.15, -0.1) is 0 Å². The summed E-state index contributed by atoms with van der Waals surface area (Å²) in [6.45, 7) is 3.90. The molecule has 3 atom stereocenters. The van der Waals surface area contributed by atoms with Crippen molar-refractivity contribution in [3.05, 3.63) is 0 Å². The van der Waals surface area contributed by atoms with Crippen molar-refractivity contribution in [2.45, 2.75) is 63.3 Å². The van der Waals surface area contributed by atoms with E-state index in [1.54, 1.807) is 0 Å². The Bertz CT molecular complexity index is 379. The Balaban J connectivity index is 1.84. The summed E-state index contributed by atoms with van der Waals surface area (Å²) in [5, 5.41) is 15.5. The van der Waals surface area contributed by atoms with Gasteiger partial charge < -0.3 is 21.5 Å². The van der Waals surface area contributed by atoms with Crippen LogP contribution in [0.15, 0.2) is 0 Å². The zero-order chi connectivity index (χ0) is 14.2. The zero-order valence-corrected chi connectivity index (χ0v) is 11.5. The summed E-state index contributed by atoms with van der Waals surface area (Å²) in [5.74, 6) is -0.698. The molecule has 0 aromatic carbocycles. The number of carbonyl (C=O) groups excluding carboxylic acids is 2. The number of aliphatic hydroxyl groups is 1. The van der Waals surface area contributed by atoms with Crippen LogP contribution in [0, 0.1) is 5.92 Å². The Hall–Kier alpha value is -1.14. The highest BCUT2D eigenvalue weighted by atomic mass is 16.3. The first-order chi connectivity index (χ1) is 8.78. The Morgan fingerprint density at radius 2 is 2.21 bits per heavy atom. The molecule has 1 aliphatic heterocycles. The van der Waals surface area contributed by atoms with Gasteiger partial charge in [-0.1, -0.05) is 0 Å². The lowest BCUT2D eigenvalue weighted by Gasteiger charge is -2.21. The minimum atomic E-state index is -1.24. The van der Waals surface area contributed by atoms with Gasteiger partial charge in [0.05, 0.1) is 0 Å². The molecule has 0 bridgehead atoms. The molecule has 1 aliphatic carbocycles. The highest BCUT2D eigenvalue weighted by molar-refractivity contribution is 5.83. The largest absolute Gasteiger partial charge is 0.382 e. The molecular formula is C13H23N3O3. The number of aliphatic hydroxyl groups excluding tert-OH is 1. The standard InChI is InChI=1S/C13H23N3O3/c1-13(2)6-7(11(18)16-13)5-9(14)10(17)12(19)15-8-3-4-8/h7-10,17H,3-6,14H2,1-2H3,(H,15,19)(H,16,18)/t7-,9+,10?/m1/s1. The molecule has 2 fully saturated rings. The van der Waals surface area contributed by atoms with Crippen molar-refractivity contribution in [1.82, 2.24) is 10.6 Å². The fraction of sp³-hybridized carbons (Fsp3) is 0.846. The maximum absolute atomic E-state index is 11.8. The van der Waals surface area contributed by atoms with Crippen LogP contribution in [-0.2, 0) is 9.59 Å². The summed E-state index contributed by atoms with van der Waals surface area (Å²) in [4.78, 5) is 23.4. The normalized spacial score (nSPS) is 28.6. The SMILES string of the molecule is CC1(C)C[C@@H](C[C@H](N)C(O)C(=O)NC2CC2)C(=O)N1.